The van der Waals surface area contributed by atoms with Gasteiger partial charge in [0.25, 0.3) is 0 Å². The van der Waals surface area contributed by atoms with Crippen LogP contribution >= 0.6 is 0 Å². The minimum atomic E-state index is -0.407. The summed E-state index contributed by atoms with van der Waals surface area (Å²) in [4.78, 5) is 16.0. The van der Waals surface area contributed by atoms with Crippen LogP contribution in [-0.2, 0) is 11.3 Å². The van der Waals surface area contributed by atoms with Crippen LogP contribution in [-0.4, -0.2) is 17.6 Å². The molecule has 3 N–H and O–H groups in total. The van der Waals surface area contributed by atoms with Crippen molar-refractivity contribution in [3.8, 4) is 0 Å². The van der Waals surface area contributed by atoms with E-state index in [4.69, 9.17) is 10.5 Å². The fourth-order valence-electron chi connectivity index (χ4n) is 1.86. The standard InChI is InChI=1S/C16H19N3O2/c1-3-21-16(20)14-8-13(6-7-15(14)17)19-10-12-5-4-11(2)18-9-12/h4-9,19H,3,10,17H2,1-2H3. The van der Waals surface area contributed by atoms with Gasteiger partial charge in [0, 0.05) is 29.8 Å². The minimum Gasteiger partial charge on any atom is -0.462 e. The summed E-state index contributed by atoms with van der Waals surface area (Å²) in [5, 5.41) is 3.24. The molecule has 0 saturated heterocycles. The minimum absolute atomic E-state index is 0.324. The first kappa shape index (κ1) is 14.8. The zero-order valence-electron chi connectivity index (χ0n) is 12.2. The largest absolute Gasteiger partial charge is 0.462 e. The number of hydrogen-bond donors (Lipinski definition) is 2. The Bertz CT molecular complexity index is 624. The van der Waals surface area contributed by atoms with E-state index in [9.17, 15) is 4.79 Å². The van der Waals surface area contributed by atoms with Gasteiger partial charge in [0.15, 0.2) is 0 Å². The Morgan fingerprint density at radius 2 is 2.14 bits per heavy atom. The van der Waals surface area contributed by atoms with E-state index in [0.717, 1.165) is 16.9 Å². The average Bonchev–Trinajstić information content (AvgIpc) is 2.48. The molecule has 0 saturated carbocycles. The Morgan fingerprint density at radius 1 is 1.33 bits per heavy atom. The quantitative estimate of drug-likeness (QED) is 0.652. The number of carbonyl (C=O) groups is 1. The van der Waals surface area contributed by atoms with Gasteiger partial charge >= 0.3 is 5.97 Å². The maximum Gasteiger partial charge on any atom is 0.340 e. The van der Waals surface area contributed by atoms with E-state index < -0.39 is 5.97 Å². The van der Waals surface area contributed by atoms with Crippen LogP contribution in [0.25, 0.3) is 0 Å². The van der Waals surface area contributed by atoms with E-state index in [1.807, 2.05) is 31.3 Å². The normalized spacial score (nSPS) is 10.2. The molecule has 2 rings (SSSR count). The molecule has 0 atom stereocenters. The molecule has 1 aromatic heterocycles. The van der Waals surface area contributed by atoms with Crippen molar-refractivity contribution >= 4 is 17.3 Å². The molecule has 21 heavy (non-hydrogen) atoms. The molecule has 0 aliphatic carbocycles. The number of aromatic nitrogens is 1. The Balaban J connectivity index is 2.08. The van der Waals surface area contributed by atoms with E-state index >= 15 is 0 Å². The molecule has 110 valence electrons. The molecule has 1 aromatic carbocycles. The number of rotatable bonds is 5. The van der Waals surface area contributed by atoms with Gasteiger partial charge in [-0.25, -0.2) is 4.79 Å². The topological polar surface area (TPSA) is 77.2 Å². The van der Waals surface area contributed by atoms with E-state index in [0.29, 0.717) is 24.4 Å². The molecule has 0 aliphatic rings. The third-order valence-corrected chi connectivity index (χ3v) is 3.02. The number of ether oxygens (including phenoxy) is 1. The summed E-state index contributed by atoms with van der Waals surface area (Å²) in [6.45, 7) is 4.66. The van der Waals surface area contributed by atoms with Gasteiger partial charge in [0.2, 0.25) is 0 Å². The van der Waals surface area contributed by atoms with Gasteiger partial charge in [0.05, 0.1) is 12.2 Å². The van der Waals surface area contributed by atoms with E-state index in [-0.39, 0.29) is 0 Å². The SMILES string of the molecule is CCOC(=O)c1cc(NCc2ccc(C)nc2)ccc1N. The molecule has 5 nitrogen and oxygen atoms in total. The van der Waals surface area contributed by atoms with Gasteiger partial charge in [0.1, 0.15) is 0 Å². The van der Waals surface area contributed by atoms with Crippen molar-refractivity contribution < 1.29 is 9.53 Å². The van der Waals surface area contributed by atoms with Gasteiger partial charge in [-0.2, -0.15) is 0 Å². The van der Waals surface area contributed by atoms with Crippen molar-refractivity contribution in [1.29, 1.82) is 0 Å². The number of hydrogen-bond acceptors (Lipinski definition) is 5. The molecule has 0 aliphatic heterocycles. The molecule has 0 radical (unpaired) electrons. The molecule has 0 bridgehead atoms. The summed E-state index contributed by atoms with van der Waals surface area (Å²) in [5.41, 5.74) is 9.46. The highest BCUT2D eigenvalue weighted by Gasteiger charge is 2.11. The lowest BCUT2D eigenvalue weighted by Crippen LogP contribution is -2.09. The van der Waals surface area contributed by atoms with Crippen molar-refractivity contribution in [1.82, 2.24) is 4.98 Å². The number of pyridine rings is 1. The van der Waals surface area contributed by atoms with Gasteiger partial charge in [-0.15, -0.1) is 0 Å². The lowest BCUT2D eigenvalue weighted by Gasteiger charge is -2.10. The smallest absolute Gasteiger partial charge is 0.340 e. The zero-order chi connectivity index (χ0) is 15.2. The van der Waals surface area contributed by atoms with Crippen molar-refractivity contribution in [3.05, 3.63) is 53.3 Å². The summed E-state index contributed by atoms with van der Waals surface area (Å²) < 4.78 is 4.98. The Labute approximate surface area is 124 Å². The third-order valence-electron chi connectivity index (χ3n) is 3.02. The Morgan fingerprint density at radius 3 is 2.81 bits per heavy atom. The highest BCUT2D eigenvalue weighted by Crippen LogP contribution is 2.19. The van der Waals surface area contributed by atoms with E-state index in [1.54, 1.807) is 19.1 Å². The van der Waals surface area contributed by atoms with Crippen LogP contribution in [0.15, 0.2) is 36.5 Å². The van der Waals surface area contributed by atoms with E-state index in [2.05, 4.69) is 10.3 Å². The first-order chi connectivity index (χ1) is 10.1. The van der Waals surface area contributed by atoms with Crippen molar-refractivity contribution in [2.75, 3.05) is 17.7 Å². The van der Waals surface area contributed by atoms with Crippen LogP contribution in [0, 0.1) is 6.92 Å². The second-order valence-electron chi connectivity index (χ2n) is 4.68. The number of nitrogens with one attached hydrogen (secondary N) is 1. The summed E-state index contributed by atoms with van der Waals surface area (Å²) in [6.07, 6.45) is 1.83. The molecule has 0 fully saturated rings. The molecule has 0 spiro atoms. The lowest BCUT2D eigenvalue weighted by molar-refractivity contribution is 0.0527. The molecule has 0 amide bonds. The molecular formula is C16H19N3O2. The van der Waals surface area contributed by atoms with Gasteiger partial charge < -0.3 is 15.8 Å². The number of anilines is 2. The number of benzene rings is 1. The van der Waals surface area contributed by atoms with Crippen molar-refractivity contribution in [2.24, 2.45) is 0 Å². The second-order valence-corrected chi connectivity index (χ2v) is 4.68. The summed E-state index contributed by atoms with van der Waals surface area (Å²) in [5.74, 6) is -0.407. The number of aryl methyl sites for hydroxylation is 1. The molecular weight excluding hydrogens is 266 g/mol. The monoisotopic (exact) mass is 285 g/mol. The molecule has 1 heterocycles. The second kappa shape index (κ2) is 6.74. The number of nitrogens with two attached hydrogens (primary N) is 1. The van der Waals surface area contributed by atoms with Crippen molar-refractivity contribution in [2.45, 2.75) is 20.4 Å². The maximum absolute atomic E-state index is 11.8. The number of nitrogen functional groups attached to an aromatic ring is 1. The summed E-state index contributed by atoms with van der Waals surface area (Å²) >= 11 is 0. The fourth-order valence-corrected chi connectivity index (χ4v) is 1.86. The first-order valence-corrected chi connectivity index (χ1v) is 6.82. The van der Waals surface area contributed by atoms with Gasteiger partial charge in [-0.1, -0.05) is 6.07 Å². The Kier molecular flexibility index (Phi) is 4.77. The molecule has 2 aromatic rings. The van der Waals surface area contributed by atoms with Crippen LogP contribution < -0.4 is 11.1 Å². The predicted molar refractivity (Wildman–Crippen MR) is 83.1 cm³/mol. The maximum atomic E-state index is 11.8. The fraction of sp³-hybridized carbons (Fsp3) is 0.250. The van der Waals surface area contributed by atoms with Gasteiger partial charge in [-0.3, -0.25) is 4.98 Å². The van der Waals surface area contributed by atoms with Crippen LogP contribution in [0.1, 0.15) is 28.5 Å². The highest BCUT2D eigenvalue weighted by atomic mass is 16.5. The average molecular weight is 285 g/mol. The summed E-state index contributed by atoms with van der Waals surface area (Å²) in [6, 6.07) is 9.21. The summed E-state index contributed by atoms with van der Waals surface area (Å²) in [7, 11) is 0. The van der Waals surface area contributed by atoms with E-state index in [1.165, 1.54) is 0 Å². The zero-order valence-corrected chi connectivity index (χ0v) is 12.2. The predicted octanol–water partition coefficient (Wildman–Crippen LogP) is 2.76. The number of nitrogens with zero attached hydrogens (tertiary/aromatic N) is 1. The van der Waals surface area contributed by atoms with Crippen LogP contribution in [0.2, 0.25) is 0 Å². The van der Waals surface area contributed by atoms with Crippen molar-refractivity contribution in [3.63, 3.8) is 0 Å². The van der Waals surface area contributed by atoms with Crippen LogP contribution in [0.5, 0.6) is 0 Å². The number of esters is 1. The van der Waals surface area contributed by atoms with Gasteiger partial charge in [-0.05, 0) is 43.7 Å². The number of carbonyl (C=O) groups excluding carboxylic acids is 1. The molecule has 5 heteroatoms. The van der Waals surface area contributed by atoms with Crippen LogP contribution in [0.4, 0.5) is 11.4 Å². The molecule has 0 unspecified atom stereocenters. The highest BCUT2D eigenvalue weighted by molar-refractivity contribution is 5.96. The first-order valence-electron chi connectivity index (χ1n) is 6.82. The Hall–Kier alpha value is -2.56. The lowest BCUT2D eigenvalue weighted by atomic mass is 10.1. The van der Waals surface area contributed by atoms with Crippen LogP contribution in [0.3, 0.4) is 0 Å². The third kappa shape index (κ3) is 3.95.